The number of hydrogen-bond donors (Lipinski definition) is 1. The minimum atomic E-state index is -3.95. The Balaban J connectivity index is 1.53. The summed E-state index contributed by atoms with van der Waals surface area (Å²) in [5.41, 5.74) is 1.79. The first-order chi connectivity index (χ1) is 15.4. The van der Waals surface area contributed by atoms with Gasteiger partial charge in [-0.05, 0) is 55.7 Å². The Bertz CT molecular complexity index is 1430. The van der Waals surface area contributed by atoms with Gasteiger partial charge in [0, 0.05) is 30.2 Å². The summed E-state index contributed by atoms with van der Waals surface area (Å²) in [6.45, 7) is 2.62. The van der Waals surface area contributed by atoms with Crippen molar-refractivity contribution in [2.75, 3.05) is 4.72 Å². The number of nitrogens with one attached hydrogen (secondary N) is 1. The van der Waals surface area contributed by atoms with E-state index in [0.717, 1.165) is 42.5 Å². The van der Waals surface area contributed by atoms with Crippen LogP contribution in [0.4, 0.5) is 10.1 Å². The highest BCUT2D eigenvalue weighted by Gasteiger charge is 2.22. The molecule has 2 aromatic carbocycles. The fraction of sp³-hybridized carbons (Fsp3) is 0.261. The van der Waals surface area contributed by atoms with E-state index in [1.54, 1.807) is 12.3 Å². The summed E-state index contributed by atoms with van der Waals surface area (Å²) >= 11 is 0. The number of hydrogen-bond acceptors (Lipinski definition) is 5. The number of anilines is 1. The quantitative estimate of drug-likeness (QED) is 0.495. The molecule has 1 N–H and O–H groups in total. The van der Waals surface area contributed by atoms with E-state index in [1.165, 1.54) is 24.3 Å². The lowest BCUT2D eigenvalue weighted by atomic mass is 10.1. The van der Waals surface area contributed by atoms with Gasteiger partial charge in [0.1, 0.15) is 16.5 Å². The number of para-hydroxylation sites is 1. The largest absolute Gasteiger partial charge is 0.311 e. The second-order valence-corrected chi connectivity index (χ2v) is 9.69. The van der Waals surface area contributed by atoms with Crippen molar-refractivity contribution in [2.24, 2.45) is 0 Å². The first-order valence-electron chi connectivity index (χ1n) is 10.5. The average Bonchev–Trinajstić information content (AvgIpc) is 3.01. The number of pyridine rings is 1. The van der Waals surface area contributed by atoms with Crippen LogP contribution in [0.15, 0.2) is 53.6 Å². The van der Waals surface area contributed by atoms with Gasteiger partial charge < -0.3 is 4.57 Å². The van der Waals surface area contributed by atoms with Gasteiger partial charge in [-0.3, -0.25) is 9.71 Å². The molecule has 0 radical (unpaired) electrons. The zero-order valence-electron chi connectivity index (χ0n) is 17.5. The molecule has 7 nitrogen and oxygen atoms in total. The van der Waals surface area contributed by atoms with Crippen molar-refractivity contribution < 1.29 is 12.8 Å². The lowest BCUT2D eigenvalue weighted by Crippen LogP contribution is -2.14. The van der Waals surface area contributed by atoms with Gasteiger partial charge in [0.15, 0.2) is 5.82 Å². The first-order valence-corrected chi connectivity index (χ1v) is 12.0. The molecule has 4 aromatic rings. The molecule has 3 heterocycles. The van der Waals surface area contributed by atoms with E-state index in [1.807, 2.05) is 23.6 Å². The molecule has 0 atom stereocenters. The number of benzene rings is 2. The fourth-order valence-electron chi connectivity index (χ4n) is 4.11. The van der Waals surface area contributed by atoms with Crippen molar-refractivity contribution in [2.45, 2.75) is 44.0 Å². The third kappa shape index (κ3) is 3.73. The summed E-state index contributed by atoms with van der Waals surface area (Å²) in [5, 5.41) is 9.16. The molecule has 164 valence electrons. The Hall–Kier alpha value is -3.33. The topological polar surface area (TPSA) is 89.8 Å². The predicted octanol–water partition coefficient (Wildman–Crippen LogP) is 4.47. The Morgan fingerprint density at radius 3 is 2.81 bits per heavy atom. The fourth-order valence-corrected chi connectivity index (χ4v) is 5.34. The molecular weight excluding hydrogens is 429 g/mol. The van der Waals surface area contributed by atoms with Crippen molar-refractivity contribution in [3.63, 3.8) is 0 Å². The lowest BCUT2D eigenvalue weighted by molar-refractivity contribution is 0.601. The van der Waals surface area contributed by atoms with Crippen molar-refractivity contribution in [3.8, 4) is 11.4 Å². The van der Waals surface area contributed by atoms with E-state index in [4.69, 9.17) is 0 Å². The summed E-state index contributed by atoms with van der Waals surface area (Å²) in [5.74, 6) is 0.775. The normalized spacial score (nSPS) is 14.2. The Labute approximate surface area is 185 Å². The van der Waals surface area contributed by atoms with Crippen LogP contribution in [0.3, 0.4) is 0 Å². The highest BCUT2D eigenvalue weighted by atomic mass is 32.2. The maximum absolute atomic E-state index is 14.7. The molecule has 1 aliphatic rings. The highest BCUT2D eigenvalue weighted by molar-refractivity contribution is 7.93. The molecular formula is C23H22FN5O2S. The number of rotatable bonds is 4. The van der Waals surface area contributed by atoms with E-state index in [9.17, 15) is 12.8 Å². The van der Waals surface area contributed by atoms with Gasteiger partial charge in [0.05, 0.1) is 11.1 Å². The average molecular weight is 452 g/mol. The van der Waals surface area contributed by atoms with E-state index >= 15 is 0 Å². The van der Waals surface area contributed by atoms with Crippen LogP contribution < -0.4 is 4.72 Å². The number of nitrogens with zero attached hydrogens (tertiary/aromatic N) is 4. The lowest BCUT2D eigenvalue weighted by Gasteiger charge is -2.12. The minimum absolute atomic E-state index is 0.0669. The van der Waals surface area contributed by atoms with Gasteiger partial charge >= 0.3 is 0 Å². The van der Waals surface area contributed by atoms with Gasteiger partial charge in [-0.1, -0.05) is 18.6 Å². The Morgan fingerprint density at radius 1 is 1.06 bits per heavy atom. The van der Waals surface area contributed by atoms with Crippen LogP contribution >= 0.6 is 0 Å². The Morgan fingerprint density at radius 2 is 1.94 bits per heavy atom. The molecule has 32 heavy (non-hydrogen) atoms. The highest BCUT2D eigenvalue weighted by Crippen LogP contribution is 2.29. The molecule has 0 saturated carbocycles. The second-order valence-electron chi connectivity index (χ2n) is 8.04. The summed E-state index contributed by atoms with van der Waals surface area (Å²) < 4.78 is 45.6. The summed E-state index contributed by atoms with van der Waals surface area (Å²) in [6.07, 6.45) is 5.52. The van der Waals surface area contributed by atoms with Crippen LogP contribution in [0.25, 0.3) is 22.3 Å². The molecule has 0 saturated heterocycles. The van der Waals surface area contributed by atoms with Crippen LogP contribution in [0, 0.1) is 12.7 Å². The molecule has 0 aliphatic carbocycles. The van der Waals surface area contributed by atoms with Gasteiger partial charge in [0.2, 0.25) is 0 Å². The maximum Gasteiger partial charge on any atom is 0.264 e. The molecule has 2 aromatic heterocycles. The number of sulfonamides is 1. The van der Waals surface area contributed by atoms with Crippen LogP contribution in [0.2, 0.25) is 0 Å². The molecule has 0 amide bonds. The maximum atomic E-state index is 14.7. The van der Waals surface area contributed by atoms with Crippen LogP contribution in [-0.2, 0) is 23.0 Å². The van der Waals surface area contributed by atoms with Crippen LogP contribution in [0.1, 0.15) is 30.7 Å². The van der Waals surface area contributed by atoms with Crippen LogP contribution in [-0.4, -0.2) is 28.2 Å². The zero-order valence-corrected chi connectivity index (χ0v) is 18.4. The van der Waals surface area contributed by atoms with Gasteiger partial charge in [-0.25, -0.2) is 12.8 Å². The molecule has 0 bridgehead atoms. The monoisotopic (exact) mass is 451 g/mol. The Kier molecular flexibility index (Phi) is 5.13. The van der Waals surface area contributed by atoms with E-state index < -0.39 is 15.8 Å². The summed E-state index contributed by atoms with van der Waals surface area (Å²) in [7, 11) is -3.95. The number of halogens is 1. The smallest absolute Gasteiger partial charge is 0.264 e. The summed E-state index contributed by atoms with van der Waals surface area (Å²) in [6, 6.07) is 11.0. The van der Waals surface area contributed by atoms with Crippen molar-refractivity contribution >= 4 is 26.6 Å². The van der Waals surface area contributed by atoms with Crippen molar-refractivity contribution in [1.29, 1.82) is 0 Å². The first kappa shape index (κ1) is 20.6. The zero-order chi connectivity index (χ0) is 22.3. The van der Waals surface area contributed by atoms with Crippen molar-refractivity contribution in [1.82, 2.24) is 19.7 Å². The van der Waals surface area contributed by atoms with E-state index in [-0.39, 0.29) is 16.1 Å². The molecule has 5 rings (SSSR count). The van der Waals surface area contributed by atoms with Crippen molar-refractivity contribution in [3.05, 3.63) is 65.9 Å². The predicted molar refractivity (Wildman–Crippen MR) is 120 cm³/mol. The number of fused-ring (bicyclic) bond motifs is 2. The third-order valence-corrected chi connectivity index (χ3v) is 7.08. The third-order valence-electron chi connectivity index (χ3n) is 5.67. The molecule has 1 aliphatic heterocycles. The molecule has 0 spiro atoms. The number of aryl methyl sites for hydroxylation is 2. The van der Waals surface area contributed by atoms with Gasteiger partial charge in [0.25, 0.3) is 10.0 Å². The van der Waals surface area contributed by atoms with Crippen LogP contribution in [0.5, 0.6) is 0 Å². The minimum Gasteiger partial charge on any atom is -0.311 e. The molecule has 9 heteroatoms. The van der Waals surface area contributed by atoms with E-state index in [0.29, 0.717) is 17.9 Å². The summed E-state index contributed by atoms with van der Waals surface area (Å²) in [4.78, 5) is 4.38. The second kappa shape index (κ2) is 7.98. The molecule has 0 fully saturated rings. The SMILES string of the molecule is Cc1cnc2c(S(=O)(=O)Nc3ccc(F)c(-c4nnc5n4CCCCC5)c3)cccc2c1. The number of aromatic nitrogens is 4. The molecule has 0 unspecified atom stereocenters. The van der Waals surface area contributed by atoms with Gasteiger partial charge in [-0.15, -0.1) is 10.2 Å². The van der Waals surface area contributed by atoms with Gasteiger partial charge in [-0.2, -0.15) is 0 Å². The standard InChI is InChI=1S/C23H22FN5O2S/c1-15-12-16-6-5-7-20(22(16)25-14-15)32(30,31)28-17-9-10-19(24)18(13-17)23-27-26-21-8-3-2-4-11-29(21)23/h5-7,9-10,12-14,28H,2-4,8,11H2,1H3. The van der Waals surface area contributed by atoms with E-state index in [2.05, 4.69) is 19.9 Å².